The molecule has 0 fully saturated rings. The summed E-state index contributed by atoms with van der Waals surface area (Å²) in [5, 5.41) is 50.9. The summed E-state index contributed by atoms with van der Waals surface area (Å²) in [5.74, 6) is -1.24. The molecule has 2 rings (SSSR count). The molecule has 0 aliphatic heterocycles. The Kier molecular flexibility index (Phi) is 5.65. The van der Waals surface area contributed by atoms with Crippen LogP contribution in [0.4, 0.5) is 17.1 Å². The van der Waals surface area contributed by atoms with E-state index in [-0.39, 0.29) is 5.88 Å². The zero-order valence-electron chi connectivity index (χ0n) is 12.0. The Hall–Kier alpha value is -3.83. The molecule has 24 heavy (non-hydrogen) atoms. The predicted molar refractivity (Wildman–Crippen MR) is 75.3 cm³/mol. The zero-order chi connectivity index (χ0) is 18.4. The fourth-order valence-corrected chi connectivity index (χ4v) is 1.53. The number of nitrogens with one attached hydrogen (secondary N) is 1. The minimum atomic E-state index is -1.46. The lowest BCUT2D eigenvalue weighted by atomic mass is 10.2. The van der Waals surface area contributed by atoms with Crippen LogP contribution in [0.3, 0.4) is 0 Å². The molecule has 0 unspecified atom stereocenters. The van der Waals surface area contributed by atoms with Crippen LogP contribution in [0.15, 0.2) is 30.3 Å². The predicted octanol–water partition coefficient (Wildman–Crippen LogP) is 1.000. The third-order valence-corrected chi connectivity index (χ3v) is 2.56. The van der Waals surface area contributed by atoms with Gasteiger partial charge in [0.1, 0.15) is 0 Å². The SMILES string of the molecule is Cc1cccc(O)[nH+]1.O=[N+]([O-])c1cc([N+](=O)[O-])c([O-])c([N+](=O)[O-])c1. The standard InChI is InChI=1S/C6H3N3O7.C6H7NO/c10-6-4(8(13)14)1-3(7(11)12)2-5(6)9(15)16;1-5-3-2-4-6(8)7-5/h1-2,10H;2-4H,1H3,(H,7,8). The van der Waals surface area contributed by atoms with Crippen LogP contribution in [0.1, 0.15) is 5.69 Å². The molecule has 1 aromatic carbocycles. The first-order valence-corrected chi connectivity index (χ1v) is 6.09. The number of hydrogen-bond acceptors (Lipinski definition) is 8. The second kappa shape index (κ2) is 7.44. The maximum absolute atomic E-state index is 11.1. The van der Waals surface area contributed by atoms with E-state index in [0.717, 1.165) is 5.69 Å². The van der Waals surface area contributed by atoms with Crippen molar-refractivity contribution in [3.63, 3.8) is 0 Å². The van der Waals surface area contributed by atoms with E-state index in [4.69, 9.17) is 5.11 Å². The molecule has 0 saturated heterocycles. The molecule has 0 saturated carbocycles. The van der Waals surface area contributed by atoms with Crippen LogP contribution in [-0.2, 0) is 0 Å². The molecule has 0 aliphatic rings. The monoisotopic (exact) mass is 338 g/mol. The van der Waals surface area contributed by atoms with Gasteiger partial charge in [-0.05, 0) is 6.07 Å². The molecule has 2 aromatic rings. The summed E-state index contributed by atoms with van der Waals surface area (Å²) in [7, 11) is 0. The zero-order valence-corrected chi connectivity index (χ0v) is 12.0. The lowest BCUT2D eigenvalue weighted by Gasteiger charge is -2.06. The van der Waals surface area contributed by atoms with Crippen molar-refractivity contribution in [3.8, 4) is 11.6 Å². The molecule has 0 atom stereocenters. The quantitative estimate of drug-likeness (QED) is 0.633. The molecule has 0 radical (unpaired) electrons. The highest BCUT2D eigenvalue weighted by Crippen LogP contribution is 2.36. The molecular weight excluding hydrogens is 328 g/mol. The molecular formula is C12H10N4O8. The van der Waals surface area contributed by atoms with E-state index in [9.17, 15) is 35.4 Å². The van der Waals surface area contributed by atoms with E-state index >= 15 is 0 Å². The van der Waals surface area contributed by atoms with Gasteiger partial charge in [0.05, 0.1) is 38.7 Å². The number of hydrogen-bond donors (Lipinski definition) is 1. The van der Waals surface area contributed by atoms with Crippen LogP contribution in [0, 0.1) is 37.3 Å². The van der Waals surface area contributed by atoms with Crippen LogP contribution < -0.4 is 10.1 Å². The fraction of sp³-hybridized carbons (Fsp3) is 0.0833. The first-order chi connectivity index (χ1) is 11.1. The van der Waals surface area contributed by atoms with E-state index in [1.165, 1.54) is 0 Å². The average molecular weight is 338 g/mol. The largest absolute Gasteiger partial charge is 0.863 e. The van der Waals surface area contributed by atoms with Crippen LogP contribution >= 0.6 is 0 Å². The van der Waals surface area contributed by atoms with Gasteiger partial charge in [-0.2, -0.15) is 4.98 Å². The Morgan fingerprint density at radius 3 is 1.75 bits per heavy atom. The van der Waals surface area contributed by atoms with Crippen molar-refractivity contribution in [1.29, 1.82) is 0 Å². The van der Waals surface area contributed by atoms with E-state index in [1.54, 1.807) is 12.1 Å². The number of pyridine rings is 1. The summed E-state index contributed by atoms with van der Waals surface area (Å²) in [6.07, 6.45) is 0. The van der Waals surface area contributed by atoms with Gasteiger partial charge in [0, 0.05) is 13.0 Å². The van der Waals surface area contributed by atoms with Gasteiger partial charge in [-0.15, -0.1) is 0 Å². The maximum atomic E-state index is 11.1. The Morgan fingerprint density at radius 2 is 1.46 bits per heavy atom. The van der Waals surface area contributed by atoms with Gasteiger partial charge in [-0.1, -0.05) is 0 Å². The van der Waals surface area contributed by atoms with Gasteiger partial charge in [-0.25, -0.2) is 0 Å². The molecule has 0 aliphatic carbocycles. The van der Waals surface area contributed by atoms with Crippen LogP contribution in [0.25, 0.3) is 0 Å². The highest BCUT2D eigenvalue weighted by atomic mass is 16.6. The summed E-state index contributed by atoms with van der Waals surface area (Å²) < 4.78 is 0. The van der Waals surface area contributed by atoms with Gasteiger partial charge < -0.3 is 10.2 Å². The maximum Gasteiger partial charge on any atom is 0.363 e. The van der Waals surface area contributed by atoms with Crippen LogP contribution in [0.5, 0.6) is 11.6 Å². The van der Waals surface area contributed by atoms with Crippen molar-refractivity contribution in [3.05, 3.63) is 66.4 Å². The molecule has 2 N–H and O–H groups in total. The first kappa shape index (κ1) is 18.2. The van der Waals surface area contributed by atoms with E-state index in [0.29, 0.717) is 12.1 Å². The highest BCUT2D eigenvalue weighted by Gasteiger charge is 2.24. The number of aromatic hydroxyl groups is 1. The number of benzene rings is 1. The minimum absolute atomic E-state index is 0.213. The number of aryl methyl sites for hydroxylation is 1. The van der Waals surface area contributed by atoms with Crippen molar-refractivity contribution < 1.29 is 30.0 Å². The summed E-state index contributed by atoms with van der Waals surface area (Å²) in [6.45, 7) is 1.89. The number of nitro benzene ring substituents is 3. The number of H-pyrrole nitrogens is 1. The van der Waals surface area contributed by atoms with E-state index in [1.807, 2.05) is 13.0 Å². The lowest BCUT2D eigenvalue weighted by Crippen LogP contribution is -2.05. The Labute approximate surface area is 133 Å². The summed E-state index contributed by atoms with van der Waals surface area (Å²) in [6, 6.07) is 6.05. The third kappa shape index (κ3) is 4.59. The third-order valence-electron chi connectivity index (χ3n) is 2.56. The second-order valence-corrected chi connectivity index (χ2v) is 4.30. The summed E-state index contributed by atoms with van der Waals surface area (Å²) in [5.41, 5.74) is -2.30. The van der Waals surface area contributed by atoms with Gasteiger partial charge >= 0.3 is 5.88 Å². The van der Waals surface area contributed by atoms with Crippen molar-refractivity contribution in [2.45, 2.75) is 6.92 Å². The molecule has 126 valence electrons. The fourth-order valence-electron chi connectivity index (χ4n) is 1.53. The minimum Gasteiger partial charge on any atom is -0.863 e. The van der Waals surface area contributed by atoms with Gasteiger partial charge in [0.2, 0.25) is 0 Å². The molecule has 1 heterocycles. The molecule has 0 amide bonds. The number of nitrogens with zero attached hydrogens (tertiary/aromatic N) is 3. The smallest absolute Gasteiger partial charge is 0.363 e. The van der Waals surface area contributed by atoms with Crippen molar-refractivity contribution in [2.75, 3.05) is 0 Å². The van der Waals surface area contributed by atoms with Gasteiger partial charge in [0.15, 0.2) is 5.69 Å². The topological polar surface area (TPSA) is 187 Å². The number of nitro groups is 3. The molecule has 12 heteroatoms. The van der Waals surface area contributed by atoms with E-state index < -0.39 is 37.6 Å². The highest BCUT2D eigenvalue weighted by molar-refractivity contribution is 5.63. The molecule has 12 nitrogen and oxygen atoms in total. The van der Waals surface area contributed by atoms with Gasteiger partial charge in [-0.3, -0.25) is 30.3 Å². The van der Waals surface area contributed by atoms with Gasteiger partial charge in [0.25, 0.3) is 17.1 Å². The summed E-state index contributed by atoms with van der Waals surface area (Å²) >= 11 is 0. The molecule has 1 aromatic heterocycles. The number of aromatic amines is 1. The van der Waals surface area contributed by atoms with Crippen molar-refractivity contribution in [1.82, 2.24) is 0 Å². The number of aromatic nitrogens is 1. The first-order valence-electron chi connectivity index (χ1n) is 6.09. The Balaban J connectivity index is 0.000000300. The normalized spacial score (nSPS) is 9.54. The average Bonchev–Trinajstić information content (AvgIpc) is 2.46. The lowest BCUT2D eigenvalue weighted by molar-refractivity contribution is -0.420. The van der Waals surface area contributed by atoms with Crippen molar-refractivity contribution >= 4 is 17.1 Å². The molecule has 0 spiro atoms. The Morgan fingerprint density at radius 1 is 0.958 bits per heavy atom. The van der Waals surface area contributed by atoms with Crippen LogP contribution in [-0.4, -0.2) is 19.9 Å². The van der Waals surface area contributed by atoms with Crippen molar-refractivity contribution in [2.24, 2.45) is 0 Å². The Bertz CT molecular complexity index is 755. The second-order valence-electron chi connectivity index (χ2n) is 4.30. The summed E-state index contributed by atoms with van der Waals surface area (Å²) in [4.78, 5) is 30.2. The number of non-ortho nitro benzene ring substituents is 1. The number of rotatable bonds is 3. The molecule has 0 bridgehead atoms. The van der Waals surface area contributed by atoms with Crippen LogP contribution in [0.2, 0.25) is 0 Å². The van der Waals surface area contributed by atoms with E-state index in [2.05, 4.69) is 4.98 Å².